The van der Waals surface area contributed by atoms with E-state index in [1.165, 1.54) is 11.8 Å². The maximum Gasteiger partial charge on any atom is 0.175 e. The van der Waals surface area contributed by atoms with Crippen molar-refractivity contribution in [3.8, 4) is 5.75 Å². The Morgan fingerprint density at radius 2 is 2.08 bits per heavy atom. The number of rotatable bonds is 6. The van der Waals surface area contributed by atoms with Gasteiger partial charge >= 0.3 is 0 Å². The molecule has 2 aromatic heterocycles. The van der Waals surface area contributed by atoms with Crippen LogP contribution in [-0.2, 0) is 20.8 Å². The van der Waals surface area contributed by atoms with Gasteiger partial charge in [0.1, 0.15) is 17.3 Å². The highest BCUT2D eigenvalue weighted by atomic mass is 32.2. The molecule has 210 valence electrons. The average molecular weight is 556 g/mol. The zero-order chi connectivity index (χ0) is 26.4. The van der Waals surface area contributed by atoms with E-state index in [1.807, 2.05) is 18.5 Å². The molecule has 11 heteroatoms. The van der Waals surface area contributed by atoms with E-state index in [2.05, 4.69) is 16.7 Å². The van der Waals surface area contributed by atoms with E-state index < -0.39 is 0 Å². The van der Waals surface area contributed by atoms with E-state index >= 15 is 0 Å². The number of aliphatic hydroxyl groups is 1. The number of pyridine rings is 1. The standard InChI is InChI=1S/C28H37N5O5S/c1-18-11-28(17-37-18)4-7-32(8-5-28)26-22(14-34)31-24(12-30-26)39-23-2-6-29-27-25(23)36-15-19-10-21(13-33(19)27)38-20-3-9-35-16-20/h2,6,12,18-21,34H,3-5,7-11,13-17H2,1H3/t18-,19-,20-,21-/m0/s1. The highest BCUT2D eigenvalue weighted by Gasteiger charge is 2.42. The SMILES string of the molecule is C[C@H]1CC2(CCN(c3ncc(Sc4ccnc5c4OC[C@@H]4C[C@H](O[C@H]6CCOC6)CN54)nc3CO)CC2)CO1. The van der Waals surface area contributed by atoms with E-state index in [1.54, 1.807) is 0 Å². The Balaban J connectivity index is 1.05. The Kier molecular flexibility index (Phi) is 7.04. The Hall–Kier alpha value is -2.18. The van der Waals surface area contributed by atoms with Gasteiger partial charge in [-0.2, -0.15) is 0 Å². The van der Waals surface area contributed by atoms with Crippen molar-refractivity contribution in [2.24, 2.45) is 5.41 Å². The van der Waals surface area contributed by atoms with Crippen molar-refractivity contribution in [2.45, 2.75) is 79.9 Å². The molecule has 39 heavy (non-hydrogen) atoms. The van der Waals surface area contributed by atoms with Crippen LogP contribution in [0.15, 0.2) is 28.4 Å². The maximum absolute atomic E-state index is 10.2. The highest BCUT2D eigenvalue weighted by Crippen LogP contribution is 2.45. The van der Waals surface area contributed by atoms with Crippen LogP contribution in [0, 0.1) is 5.41 Å². The van der Waals surface area contributed by atoms with Crippen molar-refractivity contribution in [3.05, 3.63) is 24.2 Å². The molecule has 4 fully saturated rings. The summed E-state index contributed by atoms with van der Waals surface area (Å²) < 4.78 is 23.9. The first-order chi connectivity index (χ1) is 19.1. The van der Waals surface area contributed by atoms with Gasteiger partial charge in [0.2, 0.25) is 0 Å². The number of nitrogens with zero attached hydrogens (tertiary/aromatic N) is 5. The van der Waals surface area contributed by atoms with Gasteiger partial charge in [0, 0.05) is 32.4 Å². The lowest BCUT2D eigenvalue weighted by Gasteiger charge is -2.39. The third-order valence-electron chi connectivity index (χ3n) is 8.87. The summed E-state index contributed by atoms with van der Waals surface area (Å²) in [5, 5.41) is 10.9. The zero-order valence-electron chi connectivity index (χ0n) is 22.5. The number of fused-ring (bicyclic) bond motifs is 3. The summed E-state index contributed by atoms with van der Waals surface area (Å²) >= 11 is 1.50. The summed E-state index contributed by atoms with van der Waals surface area (Å²) in [7, 11) is 0. The maximum atomic E-state index is 10.2. The molecule has 10 nitrogen and oxygen atoms in total. The predicted octanol–water partition coefficient (Wildman–Crippen LogP) is 3.06. The van der Waals surface area contributed by atoms with Crippen molar-refractivity contribution < 1.29 is 24.1 Å². The van der Waals surface area contributed by atoms with E-state index in [0.717, 1.165) is 92.3 Å². The smallest absolute Gasteiger partial charge is 0.175 e. The molecule has 1 spiro atoms. The van der Waals surface area contributed by atoms with Crippen molar-refractivity contribution in [2.75, 3.05) is 55.9 Å². The van der Waals surface area contributed by atoms with Crippen LogP contribution in [0.3, 0.4) is 0 Å². The van der Waals surface area contributed by atoms with Crippen molar-refractivity contribution in [1.82, 2.24) is 15.0 Å². The third-order valence-corrected chi connectivity index (χ3v) is 9.82. The van der Waals surface area contributed by atoms with Crippen molar-refractivity contribution in [3.63, 3.8) is 0 Å². The number of anilines is 2. The van der Waals surface area contributed by atoms with Gasteiger partial charge in [-0.25, -0.2) is 15.0 Å². The first kappa shape index (κ1) is 25.8. The number of piperidine rings is 1. The predicted molar refractivity (Wildman–Crippen MR) is 146 cm³/mol. The molecule has 1 N–H and O–H groups in total. The molecular formula is C28H37N5O5S. The van der Waals surface area contributed by atoms with E-state index in [0.29, 0.717) is 30.4 Å². The molecule has 0 bridgehead atoms. The van der Waals surface area contributed by atoms with Gasteiger partial charge in [0.25, 0.3) is 0 Å². The largest absolute Gasteiger partial charge is 0.486 e. The van der Waals surface area contributed by atoms with Crippen LogP contribution in [0.4, 0.5) is 11.6 Å². The van der Waals surface area contributed by atoms with Crippen LogP contribution in [0.2, 0.25) is 0 Å². The van der Waals surface area contributed by atoms with Gasteiger partial charge < -0.3 is 33.9 Å². The number of aromatic nitrogens is 3. The Bertz CT molecular complexity index is 1190. The number of hydrogen-bond acceptors (Lipinski definition) is 11. The molecule has 7 heterocycles. The van der Waals surface area contributed by atoms with Crippen molar-refractivity contribution in [1.29, 1.82) is 0 Å². The summed E-state index contributed by atoms with van der Waals surface area (Å²) in [6.45, 7) is 7.59. The van der Waals surface area contributed by atoms with E-state index in [9.17, 15) is 5.11 Å². The molecule has 2 aromatic rings. The molecule has 0 saturated carbocycles. The average Bonchev–Trinajstić information content (AvgIpc) is 3.70. The summed E-state index contributed by atoms with van der Waals surface area (Å²) in [4.78, 5) is 19.8. The quantitative estimate of drug-likeness (QED) is 0.569. The molecule has 4 atom stereocenters. The highest BCUT2D eigenvalue weighted by molar-refractivity contribution is 7.99. The van der Waals surface area contributed by atoms with Crippen LogP contribution < -0.4 is 14.5 Å². The molecular weight excluding hydrogens is 518 g/mol. The minimum atomic E-state index is -0.146. The summed E-state index contributed by atoms with van der Waals surface area (Å²) in [5.41, 5.74) is 0.913. The minimum Gasteiger partial charge on any atom is -0.486 e. The Morgan fingerprint density at radius 1 is 1.18 bits per heavy atom. The van der Waals surface area contributed by atoms with Crippen LogP contribution in [0.5, 0.6) is 5.75 Å². The lowest BCUT2D eigenvalue weighted by molar-refractivity contribution is -0.00632. The lowest BCUT2D eigenvalue weighted by atomic mass is 9.77. The molecule has 0 aromatic carbocycles. The first-order valence-electron chi connectivity index (χ1n) is 14.2. The normalized spacial score (nSPS) is 29.5. The molecule has 0 amide bonds. The van der Waals surface area contributed by atoms with Gasteiger partial charge in [-0.3, -0.25) is 0 Å². The minimum absolute atomic E-state index is 0.146. The van der Waals surface area contributed by atoms with Crippen LogP contribution in [-0.4, -0.2) is 90.5 Å². The fourth-order valence-electron chi connectivity index (χ4n) is 6.83. The number of aliphatic hydroxyl groups excluding tert-OH is 1. The van der Waals surface area contributed by atoms with Gasteiger partial charge in [-0.05, 0) is 50.5 Å². The first-order valence-corrected chi connectivity index (χ1v) is 15.0. The van der Waals surface area contributed by atoms with Crippen molar-refractivity contribution >= 4 is 23.4 Å². The van der Waals surface area contributed by atoms with Crippen LogP contribution in [0.1, 0.15) is 44.7 Å². The molecule has 5 aliphatic rings. The molecule has 5 aliphatic heterocycles. The monoisotopic (exact) mass is 555 g/mol. The topological polar surface area (TPSA) is 102 Å². The van der Waals surface area contributed by atoms with Gasteiger partial charge in [-0.1, -0.05) is 11.8 Å². The van der Waals surface area contributed by atoms with Crippen LogP contribution in [0.25, 0.3) is 0 Å². The zero-order valence-corrected chi connectivity index (χ0v) is 23.3. The molecule has 4 saturated heterocycles. The van der Waals surface area contributed by atoms with Crippen LogP contribution >= 0.6 is 11.8 Å². The fourth-order valence-corrected chi connectivity index (χ4v) is 7.68. The number of ether oxygens (including phenoxy) is 4. The summed E-state index contributed by atoms with van der Waals surface area (Å²) in [6.07, 6.45) is 9.55. The molecule has 0 radical (unpaired) electrons. The summed E-state index contributed by atoms with van der Waals surface area (Å²) in [6, 6.07) is 2.23. The van der Waals surface area contributed by atoms with Gasteiger partial charge in [0.15, 0.2) is 17.4 Å². The second-order valence-electron chi connectivity index (χ2n) is 11.6. The molecule has 0 aliphatic carbocycles. The second kappa shape index (κ2) is 10.7. The van der Waals surface area contributed by atoms with E-state index in [4.69, 9.17) is 33.9 Å². The second-order valence-corrected chi connectivity index (χ2v) is 12.7. The number of hydrogen-bond donors (Lipinski definition) is 1. The summed E-state index contributed by atoms with van der Waals surface area (Å²) in [5.74, 6) is 2.44. The lowest BCUT2D eigenvalue weighted by Crippen LogP contribution is -2.41. The molecule has 0 unspecified atom stereocenters. The Morgan fingerprint density at radius 3 is 2.85 bits per heavy atom. The van der Waals surface area contributed by atoms with Gasteiger partial charge in [-0.15, -0.1) is 0 Å². The fraction of sp³-hybridized carbons (Fsp3) is 0.679. The molecule has 7 rings (SSSR count). The third kappa shape index (κ3) is 5.08. The Labute approximate surface area is 233 Å². The van der Waals surface area contributed by atoms with E-state index in [-0.39, 0.29) is 24.9 Å². The van der Waals surface area contributed by atoms with Gasteiger partial charge in [0.05, 0.1) is 55.3 Å².